The average molecular weight is 358 g/mol. The van der Waals surface area contributed by atoms with Crippen molar-refractivity contribution >= 4 is 22.2 Å². The van der Waals surface area contributed by atoms with Crippen molar-refractivity contribution in [1.82, 2.24) is 19.7 Å². The summed E-state index contributed by atoms with van der Waals surface area (Å²) >= 11 is 1.53. The van der Waals surface area contributed by atoms with E-state index in [0.717, 1.165) is 42.6 Å². The minimum atomic E-state index is 0.0834. The summed E-state index contributed by atoms with van der Waals surface area (Å²) < 4.78 is 13.5. The summed E-state index contributed by atoms with van der Waals surface area (Å²) in [7, 11) is 1.97. The van der Waals surface area contributed by atoms with Crippen molar-refractivity contribution in [2.75, 3.05) is 26.3 Å². The smallest absolute Gasteiger partial charge is 0.273 e. The Morgan fingerprint density at radius 3 is 3.16 bits per heavy atom. The molecule has 0 bridgehead atoms. The lowest BCUT2D eigenvalue weighted by Gasteiger charge is -2.32. The summed E-state index contributed by atoms with van der Waals surface area (Å²) in [5.74, 6) is 0. The minimum Gasteiger partial charge on any atom is -0.467 e. The number of fused-ring (bicyclic) bond motifs is 1. The van der Waals surface area contributed by atoms with Crippen LogP contribution in [0.3, 0.4) is 0 Å². The number of hydrogen-bond acceptors (Lipinski definition) is 6. The Balaban J connectivity index is 1.35. The fourth-order valence-corrected chi connectivity index (χ4v) is 3.81. The number of nitrogens with zero attached hydrogens (tertiary/aromatic N) is 4. The highest BCUT2D eigenvalue weighted by molar-refractivity contribution is 7.11. The molecule has 1 aliphatic rings. The highest BCUT2D eigenvalue weighted by Crippen LogP contribution is 2.20. The number of thiazole rings is 1. The molecule has 6 nitrogen and oxygen atoms in total. The van der Waals surface area contributed by atoms with Crippen molar-refractivity contribution in [3.05, 3.63) is 41.0 Å². The Hall–Kier alpha value is -1.96. The molecule has 132 valence electrons. The molecule has 0 amide bonds. The van der Waals surface area contributed by atoms with E-state index < -0.39 is 0 Å². The molecule has 1 aromatic carbocycles. The molecule has 2 aromatic heterocycles. The Morgan fingerprint density at radius 1 is 1.40 bits per heavy atom. The topological polar surface area (TPSA) is 52.4 Å². The van der Waals surface area contributed by atoms with Crippen LogP contribution in [-0.2, 0) is 18.3 Å². The van der Waals surface area contributed by atoms with Crippen LogP contribution in [-0.4, -0.2) is 52.1 Å². The predicted octanol–water partition coefficient (Wildman–Crippen LogP) is 2.62. The summed E-state index contributed by atoms with van der Waals surface area (Å²) in [5.41, 5.74) is 3.46. The van der Waals surface area contributed by atoms with Crippen molar-refractivity contribution in [2.45, 2.75) is 19.6 Å². The van der Waals surface area contributed by atoms with Gasteiger partial charge in [-0.05, 0) is 24.6 Å². The summed E-state index contributed by atoms with van der Waals surface area (Å²) in [6.07, 6.45) is 2.00. The number of morpholine rings is 1. The van der Waals surface area contributed by atoms with Gasteiger partial charge in [-0.1, -0.05) is 17.4 Å². The summed E-state index contributed by atoms with van der Waals surface area (Å²) in [4.78, 5) is 6.75. The van der Waals surface area contributed by atoms with Gasteiger partial charge in [-0.2, -0.15) is 5.10 Å². The van der Waals surface area contributed by atoms with Crippen LogP contribution in [0.4, 0.5) is 0 Å². The first-order valence-corrected chi connectivity index (χ1v) is 9.35. The van der Waals surface area contributed by atoms with Crippen LogP contribution >= 0.6 is 11.3 Å². The first-order valence-electron chi connectivity index (χ1n) is 8.47. The maximum Gasteiger partial charge on any atom is 0.273 e. The minimum absolute atomic E-state index is 0.0834. The van der Waals surface area contributed by atoms with Gasteiger partial charge in [0.15, 0.2) is 0 Å². The van der Waals surface area contributed by atoms with Gasteiger partial charge in [0.2, 0.25) is 0 Å². The molecule has 7 heteroatoms. The Bertz CT molecular complexity index is 860. The van der Waals surface area contributed by atoms with Gasteiger partial charge in [0, 0.05) is 37.4 Å². The van der Waals surface area contributed by atoms with Crippen LogP contribution in [0.2, 0.25) is 0 Å². The standard InChI is InChI=1S/C18H22N4O2S/c1-13-12-25-18(20-13)24-11-16-10-22(5-6-23-16)9-14-3-4-17-15(7-14)8-19-21(17)2/h3-4,7-8,12,16H,5-6,9-11H2,1-2H3/t16-/m0/s1. The third kappa shape index (κ3) is 3.84. The van der Waals surface area contributed by atoms with Gasteiger partial charge in [0.25, 0.3) is 5.19 Å². The van der Waals surface area contributed by atoms with Gasteiger partial charge in [0.05, 0.1) is 24.0 Å². The first-order chi connectivity index (χ1) is 12.2. The molecule has 0 unspecified atom stereocenters. The lowest BCUT2D eigenvalue weighted by molar-refractivity contribution is -0.0504. The zero-order valence-corrected chi connectivity index (χ0v) is 15.3. The number of ether oxygens (including phenoxy) is 2. The quantitative estimate of drug-likeness (QED) is 0.702. The molecule has 0 saturated carbocycles. The first kappa shape index (κ1) is 16.5. The van der Waals surface area contributed by atoms with E-state index in [0.29, 0.717) is 6.61 Å². The van der Waals surface area contributed by atoms with E-state index in [-0.39, 0.29) is 6.10 Å². The molecular weight excluding hydrogens is 336 g/mol. The third-order valence-corrected chi connectivity index (χ3v) is 5.30. The molecule has 3 aromatic rings. The molecule has 4 rings (SSSR count). The van der Waals surface area contributed by atoms with Gasteiger partial charge in [-0.25, -0.2) is 4.98 Å². The number of aromatic nitrogens is 3. The van der Waals surface area contributed by atoms with E-state index in [1.807, 2.05) is 30.2 Å². The Kier molecular flexibility index (Phi) is 4.70. The number of benzene rings is 1. The molecule has 0 N–H and O–H groups in total. The zero-order chi connectivity index (χ0) is 17.2. The average Bonchev–Trinajstić information content (AvgIpc) is 3.19. The van der Waals surface area contributed by atoms with E-state index in [1.165, 1.54) is 22.3 Å². The second kappa shape index (κ2) is 7.11. The largest absolute Gasteiger partial charge is 0.467 e. The molecule has 1 fully saturated rings. The normalized spacial score (nSPS) is 18.7. The molecule has 1 saturated heterocycles. The van der Waals surface area contributed by atoms with E-state index in [4.69, 9.17) is 9.47 Å². The fourth-order valence-electron chi connectivity index (χ4n) is 3.16. The number of hydrogen-bond donors (Lipinski definition) is 0. The lowest BCUT2D eigenvalue weighted by Crippen LogP contribution is -2.44. The molecule has 1 aliphatic heterocycles. The maximum absolute atomic E-state index is 5.84. The van der Waals surface area contributed by atoms with Crippen LogP contribution in [0.25, 0.3) is 10.9 Å². The second-order valence-corrected chi connectivity index (χ2v) is 7.28. The van der Waals surface area contributed by atoms with Crippen molar-refractivity contribution in [1.29, 1.82) is 0 Å². The molecule has 0 radical (unpaired) electrons. The van der Waals surface area contributed by atoms with Gasteiger partial charge in [0.1, 0.15) is 12.7 Å². The fraction of sp³-hybridized carbons (Fsp3) is 0.444. The highest BCUT2D eigenvalue weighted by atomic mass is 32.1. The van der Waals surface area contributed by atoms with E-state index in [9.17, 15) is 0 Å². The zero-order valence-electron chi connectivity index (χ0n) is 14.5. The Morgan fingerprint density at radius 2 is 2.32 bits per heavy atom. The molecule has 3 heterocycles. The molecule has 1 atom stereocenters. The van der Waals surface area contributed by atoms with E-state index >= 15 is 0 Å². The maximum atomic E-state index is 5.84. The number of aryl methyl sites for hydroxylation is 2. The van der Waals surface area contributed by atoms with Crippen LogP contribution in [0, 0.1) is 6.92 Å². The van der Waals surface area contributed by atoms with Crippen molar-refractivity contribution in [3.8, 4) is 5.19 Å². The molecular formula is C18H22N4O2S. The summed E-state index contributed by atoms with van der Waals surface area (Å²) in [6, 6.07) is 6.55. The molecule has 0 spiro atoms. The lowest BCUT2D eigenvalue weighted by atomic mass is 10.1. The van der Waals surface area contributed by atoms with Crippen LogP contribution < -0.4 is 4.74 Å². The van der Waals surface area contributed by atoms with Crippen molar-refractivity contribution < 1.29 is 9.47 Å². The molecule has 25 heavy (non-hydrogen) atoms. The predicted molar refractivity (Wildman–Crippen MR) is 98.1 cm³/mol. The monoisotopic (exact) mass is 358 g/mol. The van der Waals surface area contributed by atoms with Crippen molar-refractivity contribution in [2.24, 2.45) is 7.05 Å². The van der Waals surface area contributed by atoms with E-state index in [1.54, 1.807) is 0 Å². The number of rotatable bonds is 5. The second-order valence-electron chi connectivity index (χ2n) is 6.46. The van der Waals surface area contributed by atoms with Crippen LogP contribution in [0.5, 0.6) is 5.19 Å². The Labute approximate surface area is 151 Å². The molecule has 0 aliphatic carbocycles. The van der Waals surface area contributed by atoms with Gasteiger partial charge >= 0.3 is 0 Å². The van der Waals surface area contributed by atoms with Crippen LogP contribution in [0.15, 0.2) is 29.8 Å². The third-order valence-electron chi connectivity index (χ3n) is 4.43. The summed E-state index contributed by atoms with van der Waals surface area (Å²) in [6.45, 7) is 5.99. The van der Waals surface area contributed by atoms with Crippen molar-refractivity contribution in [3.63, 3.8) is 0 Å². The van der Waals surface area contributed by atoms with E-state index in [2.05, 4.69) is 33.2 Å². The van der Waals surface area contributed by atoms with Gasteiger partial charge < -0.3 is 9.47 Å². The summed E-state index contributed by atoms with van der Waals surface area (Å²) in [5, 5.41) is 8.22. The highest BCUT2D eigenvalue weighted by Gasteiger charge is 2.21. The van der Waals surface area contributed by atoms with Gasteiger partial charge in [-0.3, -0.25) is 9.58 Å². The SMILES string of the molecule is Cc1csc(OC[C@@H]2CN(Cc3ccc4c(cnn4C)c3)CCO2)n1. The van der Waals surface area contributed by atoms with Crippen LogP contribution in [0.1, 0.15) is 11.3 Å². The van der Waals surface area contributed by atoms with Gasteiger partial charge in [-0.15, -0.1) is 0 Å².